The molecule has 0 aliphatic carbocycles. The first-order valence-corrected chi connectivity index (χ1v) is 7.86. The largest absolute Gasteiger partial charge is 0.476 e. The average molecular weight is 313 g/mol. The number of amides is 1. The molecule has 0 aliphatic rings. The summed E-state index contributed by atoms with van der Waals surface area (Å²) < 4.78 is 6.04. The molecule has 0 spiro atoms. The molecule has 0 fully saturated rings. The third-order valence-electron chi connectivity index (χ3n) is 3.60. The number of hydrogen-bond acceptors (Lipinski definition) is 3. The molecule has 4 heteroatoms. The van der Waals surface area contributed by atoms with Gasteiger partial charge in [0.2, 0.25) is 6.10 Å². The second kappa shape index (κ2) is 8.34. The highest BCUT2D eigenvalue weighted by Gasteiger charge is 2.24. The van der Waals surface area contributed by atoms with Crippen molar-refractivity contribution >= 4 is 5.91 Å². The van der Waals surface area contributed by atoms with E-state index in [1.807, 2.05) is 61.5 Å². The molecule has 0 saturated heterocycles. The Balaban J connectivity index is 2.28. The number of carbonyl (C=O) groups excluding carboxylic acids is 1. The van der Waals surface area contributed by atoms with E-state index in [0.29, 0.717) is 5.75 Å². The van der Waals surface area contributed by atoms with Crippen LogP contribution >= 0.6 is 0 Å². The van der Waals surface area contributed by atoms with Crippen molar-refractivity contribution in [1.82, 2.24) is 5.32 Å². The van der Waals surface area contributed by atoms with Gasteiger partial charge in [0.15, 0.2) is 0 Å². The van der Waals surface area contributed by atoms with Gasteiger partial charge >= 0.3 is 0 Å². The lowest BCUT2D eigenvalue weighted by Crippen LogP contribution is -2.40. The second-order valence-electron chi connectivity index (χ2n) is 5.46. The minimum atomic E-state index is -0.752. The zero-order valence-corrected chi connectivity index (χ0v) is 13.5. The van der Waals surface area contributed by atoms with Crippen LogP contribution in [0.3, 0.4) is 0 Å². The van der Waals surface area contributed by atoms with Crippen molar-refractivity contribution in [2.45, 2.75) is 32.4 Å². The number of para-hydroxylation sites is 1. The summed E-state index contributed by atoms with van der Waals surface area (Å²) in [6, 6.07) is 16.8. The van der Waals surface area contributed by atoms with Gasteiger partial charge < -0.3 is 15.2 Å². The summed E-state index contributed by atoms with van der Waals surface area (Å²) >= 11 is 0. The van der Waals surface area contributed by atoms with E-state index in [4.69, 9.17) is 9.84 Å². The van der Waals surface area contributed by atoms with E-state index in [2.05, 4.69) is 5.32 Å². The van der Waals surface area contributed by atoms with Gasteiger partial charge in [-0.2, -0.15) is 0 Å². The Morgan fingerprint density at radius 3 is 2.43 bits per heavy atom. The Labute approximate surface area is 137 Å². The van der Waals surface area contributed by atoms with Crippen LogP contribution in [0, 0.1) is 0 Å². The lowest BCUT2D eigenvalue weighted by atomic mass is 10.1. The molecule has 0 heterocycles. The first-order chi connectivity index (χ1) is 11.2. The number of rotatable bonds is 7. The van der Waals surface area contributed by atoms with Crippen LogP contribution in [0.4, 0.5) is 0 Å². The summed E-state index contributed by atoms with van der Waals surface area (Å²) in [5.74, 6) is 0.444. The SMILES string of the molecule is CCc1ccccc1OC(C(=O)NC(C)CO)c1ccccc1. The first kappa shape index (κ1) is 17.0. The van der Waals surface area contributed by atoms with Gasteiger partial charge in [0, 0.05) is 11.6 Å². The topological polar surface area (TPSA) is 58.6 Å². The molecule has 23 heavy (non-hydrogen) atoms. The highest BCUT2D eigenvalue weighted by molar-refractivity contribution is 5.82. The maximum atomic E-state index is 12.6. The summed E-state index contributed by atoms with van der Waals surface area (Å²) in [6.07, 6.45) is 0.0738. The van der Waals surface area contributed by atoms with Gasteiger partial charge in [-0.05, 0) is 25.0 Å². The van der Waals surface area contributed by atoms with Crippen LogP contribution in [-0.4, -0.2) is 23.7 Å². The fourth-order valence-electron chi connectivity index (χ4n) is 2.30. The van der Waals surface area contributed by atoms with Crippen molar-refractivity contribution in [3.63, 3.8) is 0 Å². The lowest BCUT2D eigenvalue weighted by Gasteiger charge is -2.22. The van der Waals surface area contributed by atoms with Gasteiger partial charge in [0.05, 0.1) is 6.61 Å². The molecular weight excluding hydrogens is 290 g/mol. The van der Waals surface area contributed by atoms with E-state index in [1.165, 1.54) is 0 Å². The second-order valence-corrected chi connectivity index (χ2v) is 5.46. The van der Waals surface area contributed by atoms with Crippen LogP contribution in [0.2, 0.25) is 0 Å². The van der Waals surface area contributed by atoms with E-state index >= 15 is 0 Å². The molecule has 2 atom stereocenters. The van der Waals surface area contributed by atoms with Crippen LogP contribution in [0.1, 0.15) is 31.1 Å². The fraction of sp³-hybridized carbons (Fsp3) is 0.316. The molecule has 0 aromatic heterocycles. The zero-order valence-electron chi connectivity index (χ0n) is 13.5. The van der Waals surface area contributed by atoms with Gasteiger partial charge in [0.25, 0.3) is 5.91 Å². The van der Waals surface area contributed by atoms with E-state index in [-0.39, 0.29) is 18.6 Å². The fourth-order valence-corrected chi connectivity index (χ4v) is 2.30. The maximum Gasteiger partial charge on any atom is 0.266 e. The van der Waals surface area contributed by atoms with Crippen molar-refractivity contribution in [2.75, 3.05) is 6.61 Å². The molecule has 2 aromatic rings. The third kappa shape index (κ3) is 4.57. The Morgan fingerprint density at radius 2 is 1.78 bits per heavy atom. The van der Waals surface area contributed by atoms with Crippen molar-refractivity contribution in [1.29, 1.82) is 0 Å². The van der Waals surface area contributed by atoms with Gasteiger partial charge in [-0.1, -0.05) is 55.5 Å². The van der Waals surface area contributed by atoms with Crippen molar-refractivity contribution in [3.8, 4) is 5.75 Å². The monoisotopic (exact) mass is 313 g/mol. The van der Waals surface area contributed by atoms with Crippen molar-refractivity contribution in [2.24, 2.45) is 0 Å². The van der Waals surface area contributed by atoms with E-state index in [9.17, 15) is 4.79 Å². The van der Waals surface area contributed by atoms with Gasteiger partial charge in [-0.3, -0.25) is 4.79 Å². The number of benzene rings is 2. The number of hydrogen-bond donors (Lipinski definition) is 2. The molecular formula is C19H23NO3. The first-order valence-electron chi connectivity index (χ1n) is 7.86. The smallest absolute Gasteiger partial charge is 0.266 e. The summed E-state index contributed by atoms with van der Waals surface area (Å²) in [6.45, 7) is 3.69. The van der Waals surface area contributed by atoms with Crippen LogP contribution < -0.4 is 10.1 Å². The number of ether oxygens (including phenoxy) is 1. The summed E-state index contributed by atoms with van der Waals surface area (Å²) in [4.78, 5) is 12.6. The van der Waals surface area contributed by atoms with Crippen LogP contribution in [0.25, 0.3) is 0 Å². The van der Waals surface area contributed by atoms with Crippen molar-refractivity contribution in [3.05, 3.63) is 65.7 Å². The number of aliphatic hydroxyl groups is 1. The maximum absolute atomic E-state index is 12.6. The van der Waals surface area contributed by atoms with E-state index < -0.39 is 6.10 Å². The van der Waals surface area contributed by atoms with E-state index in [0.717, 1.165) is 17.5 Å². The molecule has 4 nitrogen and oxygen atoms in total. The average Bonchev–Trinajstić information content (AvgIpc) is 2.60. The number of nitrogens with one attached hydrogen (secondary N) is 1. The molecule has 0 saturated carbocycles. The molecule has 2 unspecified atom stereocenters. The standard InChI is InChI=1S/C19H23NO3/c1-3-15-9-7-8-12-17(15)23-18(16-10-5-4-6-11-16)19(22)20-14(2)13-21/h4-12,14,18,21H,3,13H2,1-2H3,(H,20,22). The predicted molar refractivity (Wildman–Crippen MR) is 90.3 cm³/mol. The predicted octanol–water partition coefficient (Wildman–Crippen LogP) is 2.87. The van der Waals surface area contributed by atoms with Crippen LogP contribution in [0.5, 0.6) is 5.75 Å². The Bertz CT molecular complexity index is 628. The quantitative estimate of drug-likeness (QED) is 0.826. The van der Waals surface area contributed by atoms with Gasteiger partial charge in [-0.25, -0.2) is 0 Å². The molecule has 1 amide bonds. The lowest BCUT2D eigenvalue weighted by molar-refractivity contribution is -0.129. The normalized spacial score (nSPS) is 13.2. The highest BCUT2D eigenvalue weighted by atomic mass is 16.5. The number of aryl methyl sites for hydroxylation is 1. The minimum Gasteiger partial charge on any atom is -0.476 e. The summed E-state index contributed by atoms with van der Waals surface area (Å²) in [5, 5.41) is 11.9. The van der Waals surface area contributed by atoms with E-state index in [1.54, 1.807) is 6.92 Å². The molecule has 0 aliphatic heterocycles. The molecule has 0 bridgehead atoms. The van der Waals surface area contributed by atoms with Gasteiger partial charge in [-0.15, -0.1) is 0 Å². The van der Waals surface area contributed by atoms with Gasteiger partial charge in [0.1, 0.15) is 5.75 Å². The van der Waals surface area contributed by atoms with Crippen LogP contribution in [0.15, 0.2) is 54.6 Å². The third-order valence-corrected chi connectivity index (χ3v) is 3.60. The molecule has 122 valence electrons. The Morgan fingerprint density at radius 1 is 1.13 bits per heavy atom. The molecule has 2 aromatic carbocycles. The molecule has 0 radical (unpaired) electrons. The summed E-state index contributed by atoms with van der Waals surface area (Å²) in [5.41, 5.74) is 1.83. The molecule has 2 rings (SSSR count). The Kier molecular flexibility index (Phi) is 6.18. The number of aliphatic hydroxyl groups excluding tert-OH is 1. The summed E-state index contributed by atoms with van der Waals surface area (Å²) in [7, 11) is 0. The van der Waals surface area contributed by atoms with Crippen LogP contribution in [-0.2, 0) is 11.2 Å². The molecule has 2 N–H and O–H groups in total. The van der Waals surface area contributed by atoms with Crippen molar-refractivity contribution < 1.29 is 14.6 Å². The Hall–Kier alpha value is -2.33. The highest BCUT2D eigenvalue weighted by Crippen LogP contribution is 2.26. The minimum absolute atomic E-state index is 0.112. The zero-order chi connectivity index (χ0) is 16.7. The number of carbonyl (C=O) groups is 1.